The largest absolute Gasteiger partial charge is 0.389 e. The smallest absolute Gasteiger partial charge is 0.101 e. The molecule has 2 N–H and O–H groups in total. The van der Waals surface area contributed by atoms with Gasteiger partial charge in [0.05, 0.1) is 23.3 Å². The number of nitrogens with zero attached hydrogens (tertiary/aromatic N) is 1. The van der Waals surface area contributed by atoms with Gasteiger partial charge in [-0.15, -0.1) is 0 Å². The molecule has 1 aromatic carbocycles. The highest BCUT2D eigenvalue weighted by Crippen LogP contribution is 2.28. The molecule has 0 amide bonds. The van der Waals surface area contributed by atoms with Gasteiger partial charge in [0.15, 0.2) is 0 Å². The number of nitrogens with one attached hydrogen (secondary N) is 1. The van der Waals surface area contributed by atoms with E-state index in [0.29, 0.717) is 29.7 Å². The normalized spacial score (nSPS) is 15.8. The molecule has 5 heteroatoms. The van der Waals surface area contributed by atoms with E-state index in [4.69, 9.17) is 21.6 Å². The van der Waals surface area contributed by atoms with Gasteiger partial charge in [-0.25, -0.2) is 0 Å². The van der Waals surface area contributed by atoms with E-state index in [1.807, 2.05) is 6.07 Å². The summed E-state index contributed by atoms with van der Waals surface area (Å²) in [6.45, 7) is 1.49. The third-order valence-corrected chi connectivity index (χ3v) is 3.30. The van der Waals surface area contributed by atoms with Gasteiger partial charge in [-0.2, -0.15) is 5.26 Å². The number of nitriles is 1. The molecule has 1 aliphatic rings. The maximum absolute atomic E-state index is 9.74. The Morgan fingerprint density at radius 1 is 1.53 bits per heavy atom. The Kier molecular flexibility index (Phi) is 5.03. The lowest BCUT2D eigenvalue weighted by Crippen LogP contribution is -2.25. The van der Waals surface area contributed by atoms with Crippen LogP contribution in [0.5, 0.6) is 0 Å². The number of hydrogen-bond donors (Lipinski definition) is 2. The van der Waals surface area contributed by atoms with Crippen LogP contribution in [0.25, 0.3) is 0 Å². The van der Waals surface area contributed by atoms with Crippen LogP contribution in [0.4, 0.5) is 5.69 Å². The van der Waals surface area contributed by atoms with Crippen molar-refractivity contribution in [3.8, 4) is 6.07 Å². The lowest BCUT2D eigenvalue weighted by Gasteiger charge is -2.13. The van der Waals surface area contributed by atoms with Gasteiger partial charge in [-0.3, -0.25) is 0 Å². The highest BCUT2D eigenvalue weighted by Gasteiger charge is 2.21. The average Bonchev–Trinajstić information content (AvgIpc) is 3.20. The van der Waals surface area contributed by atoms with Crippen molar-refractivity contribution in [2.24, 2.45) is 5.92 Å². The summed E-state index contributed by atoms with van der Waals surface area (Å²) in [5.74, 6) is 0.706. The Morgan fingerprint density at radius 2 is 2.32 bits per heavy atom. The van der Waals surface area contributed by atoms with Crippen molar-refractivity contribution in [2.75, 3.05) is 25.1 Å². The summed E-state index contributed by atoms with van der Waals surface area (Å²) in [4.78, 5) is 0. The Labute approximate surface area is 117 Å². The molecule has 0 aromatic heterocycles. The van der Waals surface area contributed by atoms with Crippen LogP contribution in [-0.2, 0) is 4.74 Å². The van der Waals surface area contributed by atoms with Crippen molar-refractivity contribution in [2.45, 2.75) is 18.9 Å². The molecule has 1 fully saturated rings. The van der Waals surface area contributed by atoms with Gasteiger partial charge in [0.2, 0.25) is 0 Å². The molecule has 1 atom stereocenters. The van der Waals surface area contributed by atoms with Gasteiger partial charge in [0.25, 0.3) is 0 Å². The summed E-state index contributed by atoms with van der Waals surface area (Å²) in [7, 11) is 0. The highest BCUT2D eigenvalue weighted by atomic mass is 35.5. The Balaban J connectivity index is 1.71. The molecular formula is C14H17ClN2O2. The number of benzene rings is 1. The number of ether oxygens (including phenoxy) is 1. The van der Waals surface area contributed by atoms with E-state index in [0.717, 1.165) is 12.3 Å². The number of aliphatic hydroxyl groups excluding tert-OH is 1. The summed E-state index contributed by atoms with van der Waals surface area (Å²) in [5.41, 5.74) is 1.23. The molecule has 4 nitrogen and oxygen atoms in total. The van der Waals surface area contributed by atoms with Gasteiger partial charge < -0.3 is 15.2 Å². The Morgan fingerprint density at radius 3 is 2.95 bits per heavy atom. The molecule has 19 heavy (non-hydrogen) atoms. The third-order valence-electron chi connectivity index (χ3n) is 2.99. The van der Waals surface area contributed by atoms with Crippen molar-refractivity contribution in [3.05, 3.63) is 28.8 Å². The van der Waals surface area contributed by atoms with E-state index in [-0.39, 0.29) is 0 Å². The minimum Gasteiger partial charge on any atom is -0.389 e. The number of anilines is 1. The van der Waals surface area contributed by atoms with Gasteiger partial charge >= 0.3 is 0 Å². The second kappa shape index (κ2) is 6.76. The molecule has 0 radical (unpaired) electrons. The van der Waals surface area contributed by atoms with Crippen LogP contribution in [0.3, 0.4) is 0 Å². The summed E-state index contributed by atoms with van der Waals surface area (Å²) in [5, 5.41) is 22.0. The van der Waals surface area contributed by atoms with E-state index < -0.39 is 6.10 Å². The van der Waals surface area contributed by atoms with Crippen molar-refractivity contribution >= 4 is 17.3 Å². The van der Waals surface area contributed by atoms with E-state index in [2.05, 4.69) is 5.32 Å². The molecule has 0 bridgehead atoms. The zero-order valence-corrected chi connectivity index (χ0v) is 11.4. The first kappa shape index (κ1) is 14.1. The molecule has 1 unspecified atom stereocenters. The second-order valence-corrected chi connectivity index (χ2v) is 5.23. The summed E-state index contributed by atoms with van der Waals surface area (Å²) < 4.78 is 5.41. The lowest BCUT2D eigenvalue weighted by atomic mass is 10.2. The average molecular weight is 281 g/mol. The first-order valence-electron chi connectivity index (χ1n) is 6.38. The number of aliphatic hydroxyl groups is 1. The van der Waals surface area contributed by atoms with Gasteiger partial charge in [-0.05, 0) is 37.0 Å². The lowest BCUT2D eigenvalue weighted by molar-refractivity contribution is 0.0386. The minimum atomic E-state index is -0.548. The van der Waals surface area contributed by atoms with E-state index in [1.54, 1.807) is 18.2 Å². The summed E-state index contributed by atoms with van der Waals surface area (Å²) in [6, 6.07) is 7.10. The zero-order chi connectivity index (χ0) is 13.7. The quantitative estimate of drug-likeness (QED) is 0.805. The fraction of sp³-hybridized carbons (Fsp3) is 0.500. The molecule has 0 aliphatic heterocycles. The molecule has 0 heterocycles. The van der Waals surface area contributed by atoms with E-state index in [1.165, 1.54) is 12.8 Å². The standard InChI is InChI=1S/C14H17ClN2O2/c15-14-5-12(4-3-11(14)6-16)17-7-13(18)9-19-8-10-1-2-10/h3-5,10,13,17-18H,1-2,7-9H2. The van der Waals surface area contributed by atoms with Gasteiger partial charge in [-0.1, -0.05) is 11.6 Å². The first-order chi connectivity index (χ1) is 9.19. The van der Waals surface area contributed by atoms with Crippen molar-refractivity contribution in [3.63, 3.8) is 0 Å². The van der Waals surface area contributed by atoms with Crippen LogP contribution < -0.4 is 5.32 Å². The van der Waals surface area contributed by atoms with Crippen molar-refractivity contribution in [1.29, 1.82) is 5.26 Å². The number of rotatable bonds is 7. The van der Waals surface area contributed by atoms with Crippen LogP contribution >= 0.6 is 11.6 Å². The fourth-order valence-electron chi connectivity index (χ4n) is 1.67. The van der Waals surface area contributed by atoms with Crippen LogP contribution in [0.2, 0.25) is 5.02 Å². The van der Waals surface area contributed by atoms with E-state index >= 15 is 0 Å². The van der Waals surface area contributed by atoms with Crippen LogP contribution in [-0.4, -0.2) is 31.0 Å². The monoisotopic (exact) mass is 280 g/mol. The molecule has 1 aromatic rings. The molecule has 1 saturated carbocycles. The Bertz CT molecular complexity index is 469. The fourth-order valence-corrected chi connectivity index (χ4v) is 1.89. The molecule has 0 saturated heterocycles. The SMILES string of the molecule is N#Cc1ccc(NCC(O)COCC2CC2)cc1Cl. The van der Waals surface area contributed by atoms with Crippen LogP contribution in [0, 0.1) is 17.2 Å². The molecule has 0 spiro atoms. The maximum Gasteiger partial charge on any atom is 0.101 e. The minimum absolute atomic E-state index is 0.341. The molecule has 1 aliphatic carbocycles. The van der Waals surface area contributed by atoms with Crippen LogP contribution in [0.1, 0.15) is 18.4 Å². The zero-order valence-electron chi connectivity index (χ0n) is 10.6. The topological polar surface area (TPSA) is 65.3 Å². The molecule has 102 valence electrons. The predicted octanol–water partition coefficient (Wildman–Crippen LogP) is 2.41. The molecular weight excluding hydrogens is 264 g/mol. The highest BCUT2D eigenvalue weighted by molar-refractivity contribution is 6.32. The van der Waals surface area contributed by atoms with Crippen molar-refractivity contribution in [1.82, 2.24) is 0 Å². The van der Waals surface area contributed by atoms with Gasteiger partial charge in [0, 0.05) is 18.8 Å². The third kappa shape index (κ3) is 4.71. The Hall–Kier alpha value is -1.28. The predicted molar refractivity (Wildman–Crippen MR) is 74.2 cm³/mol. The maximum atomic E-state index is 9.74. The van der Waals surface area contributed by atoms with Crippen molar-refractivity contribution < 1.29 is 9.84 Å². The summed E-state index contributed by atoms with van der Waals surface area (Å²) >= 11 is 5.92. The van der Waals surface area contributed by atoms with Crippen LogP contribution in [0.15, 0.2) is 18.2 Å². The first-order valence-corrected chi connectivity index (χ1v) is 6.76. The number of halogens is 1. The van der Waals surface area contributed by atoms with Gasteiger partial charge in [0.1, 0.15) is 6.07 Å². The van der Waals surface area contributed by atoms with E-state index in [9.17, 15) is 5.11 Å². The second-order valence-electron chi connectivity index (χ2n) is 4.82. The number of hydrogen-bond acceptors (Lipinski definition) is 4. The molecule has 2 rings (SSSR count). The summed E-state index contributed by atoms with van der Waals surface area (Å²) in [6.07, 6.45) is 1.95.